The van der Waals surface area contributed by atoms with Gasteiger partial charge in [0.15, 0.2) is 14.9 Å². The lowest BCUT2D eigenvalue weighted by Crippen LogP contribution is -2.23. The second-order valence-electron chi connectivity index (χ2n) is 4.96. The van der Waals surface area contributed by atoms with E-state index in [0.717, 1.165) is 11.5 Å². The fraction of sp³-hybridized carbons (Fsp3) is 0.545. The molecule has 19 heavy (non-hydrogen) atoms. The Kier molecular flexibility index (Phi) is 3.36. The van der Waals surface area contributed by atoms with Crippen molar-refractivity contribution in [1.82, 2.24) is 4.37 Å². The third kappa shape index (κ3) is 2.77. The molecule has 0 atom stereocenters. The fourth-order valence-corrected chi connectivity index (χ4v) is 4.11. The summed E-state index contributed by atoms with van der Waals surface area (Å²) in [6.07, 6.45) is 0.244. The first-order valence-electron chi connectivity index (χ1n) is 5.58. The lowest BCUT2D eigenvalue weighted by Gasteiger charge is -2.13. The van der Waals surface area contributed by atoms with Gasteiger partial charge in [-0.25, -0.2) is 8.42 Å². The van der Waals surface area contributed by atoms with Gasteiger partial charge in [0.1, 0.15) is 16.5 Å². The first-order valence-corrected chi connectivity index (χ1v) is 8.01. The highest BCUT2D eigenvalue weighted by atomic mass is 32.2. The van der Waals surface area contributed by atoms with E-state index in [2.05, 4.69) is 9.53 Å². The zero-order valence-electron chi connectivity index (χ0n) is 10.8. The molecule has 8 heteroatoms. The van der Waals surface area contributed by atoms with Gasteiger partial charge in [-0.15, -0.1) is 0 Å². The van der Waals surface area contributed by atoms with Gasteiger partial charge in [-0.3, -0.25) is 0 Å². The van der Waals surface area contributed by atoms with E-state index in [4.69, 9.17) is 10.1 Å². The summed E-state index contributed by atoms with van der Waals surface area (Å²) in [6, 6.07) is 1.97. The Labute approximate surface area is 115 Å². The minimum Gasteiger partial charge on any atom is -0.389 e. The molecule has 1 aromatic heterocycles. The monoisotopic (exact) mass is 299 g/mol. The highest BCUT2D eigenvalue weighted by molar-refractivity contribution is 8.05. The molecule has 0 aliphatic carbocycles. The Morgan fingerprint density at radius 2 is 2.21 bits per heavy atom. The number of aromatic nitrogens is 1. The molecule has 0 saturated heterocycles. The lowest BCUT2D eigenvalue weighted by molar-refractivity contribution is 0.0123. The smallest absolute Gasteiger partial charge is 0.199 e. The van der Waals surface area contributed by atoms with Crippen LogP contribution >= 0.6 is 11.5 Å². The summed E-state index contributed by atoms with van der Waals surface area (Å²) in [5, 5.41) is 12.6. The summed E-state index contributed by atoms with van der Waals surface area (Å²) in [6.45, 7) is 5.24. The molecule has 1 aliphatic rings. The third-order valence-electron chi connectivity index (χ3n) is 2.75. The van der Waals surface area contributed by atoms with E-state index in [9.17, 15) is 8.42 Å². The molecule has 0 fully saturated rings. The highest BCUT2D eigenvalue weighted by Gasteiger charge is 2.36. The molecule has 0 radical (unpaired) electrons. The third-order valence-corrected chi connectivity index (χ3v) is 5.24. The van der Waals surface area contributed by atoms with Crippen LogP contribution in [0.25, 0.3) is 0 Å². The van der Waals surface area contributed by atoms with Gasteiger partial charge in [0, 0.05) is 12.0 Å². The Morgan fingerprint density at radius 3 is 2.74 bits per heavy atom. The van der Waals surface area contributed by atoms with Crippen LogP contribution in [0.2, 0.25) is 0 Å². The van der Waals surface area contributed by atoms with Crippen LogP contribution in [0.5, 0.6) is 0 Å². The molecule has 0 aromatic carbocycles. The van der Waals surface area contributed by atoms with Crippen molar-refractivity contribution >= 4 is 26.4 Å². The van der Waals surface area contributed by atoms with Crippen molar-refractivity contribution in [2.45, 2.75) is 38.5 Å². The van der Waals surface area contributed by atoms with Gasteiger partial charge in [0.2, 0.25) is 0 Å². The number of aryl methyl sites for hydroxylation is 1. The lowest BCUT2D eigenvalue weighted by atomic mass is 10.1. The second kappa shape index (κ2) is 4.58. The molecular formula is C11H13N3O3S2. The number of oxime groups is 1. The molecule has 0 N–H and O–H groups in total. The fourth-order valence-electron chi connectivity index (χ4n) is 1.69. The van der Waals surface area contributed by atoms with E-state index in [0.29, 0.717) is 16.1 Å². The van der Waals surface area contributed by atoms with E-state index >= 15 is 0 Å². The summed E-state index contributed by atoms with van der Waals surface area (Å²) >= 11 is 1.01. The maximum absolute atomic E-state index is 12.3. The van der Waals surface area contributed by atoms with Crippen LogP contribution in [-0.2, 0) is 20.4 Å². The van der Waals surface area contributed by atoms with Crippen molar-refractivity contribution in [2.75, 3.05) is 0 Å². The largest absolute Gasteiger partial charge is 0.389 e. The maximum atomic E-state index is 12.3. The van der Waals surface area contributed by atoms with E-state index in [-0.39, 0.29) is 17.2 Å². The van der Waals surface area contributed by atoms with Crippen LogP contribution in [0.15, 0.2) is 5.16 Å². The Hall–Kier alpha value is -1.46. The molecular weight excluding hydrogens is 286 g/mol. The van der Waals surface area contributed by atoms with Crippen LogP contribution in [0.1, 0.15) is 36.4 Å². The van der Waals surface area contributed by atoms with Crippen molar-refractivity contribution in [2.24, 2.45) is 5.16 Å². The Balaban J connectivity index is 2.29. The predicted octanol–water partition coefficient (Wildman–Crippen LogP) is 1.75. The van der Waals surface area contributed by atoms with Crippen molar-refractivity contribution in [3.63, 3.8) is 0 Å². The molecule has 0 amide bonds. The second-order valence-corrected chi connectivity index (χ2v) is 7.72. The molecule has 0 unspecified atom stereocenters. The summed E-state index contributed by atoms with van der Waals surface area (Å²) in [5.41, 5.74) is 0.436. The molecule has 0 bridgehead atoms. The number of rotatable bonds is 2. The van der Waals surface area contributed by atoms with Gasteiger partial charge < -0.3 is 4.84 Å². The molecule has 102 valence electrons. The molecule has 1 aliphatic heterocycles. The number of hydrogen-bond acceptors (Lipinski definition) is 7. The Morgan fingerprint density at radius 1 is 1.53 bits per heavy atom. The van der Waals surface area contributed by atoms with E-state index in [1.165, 1.54) is 0 Å². The molecule has 1 aromatic rings. The normalized spacial score (nSPS) is 17.7. The Bertz CT molecular complexity index is 681. The SMILES string of the molecule is Cc1nsc(C#N)c1CS(=O)(=O)C1=NOC(C)(C)C1. The number of nitriles is 1. The predicted molar refractivity (Wildman–Crippen MR) is 71.4 cm³/mol. The zero-order chi connectivity index (χ0) is 14.3. The van der Waals surface area contributed by atoms with Crippen LogP contribution in [0.4, 0.5) is 0 Å². The topological polar surface area (TPSA) is 92.4 Å². The van der Waals surface area contributed by atoms with Crippen molar-refractivity contribution in [3.05, 3.63) is 16.1 Å². The number of nitrogens with zero attached hydrogens (tertiary/aromatic N) is 3. The summed E-state index contributed by atoms with van der Waals surface area (Å²) in [7, 11) is -3.57. The average Bonchev–Trinajstić information content (AvgIpc) is 2.83. The minimum atomic E-state index is -3.57. The van der Waals surface area contributed by atoms with Crippen molar-refractivity contribution in [3.8, 4) is 6.07 Å². The molecule has 0 spiro atoms. The van der Waals surface area contributed by atoms with Gasteiger partial charge >= 0.3 is 0 Å². The zero-order valence-corrected chi connectivity index (χ0v) is 12.4. The minimum absolute atomic E-state index is 0.0342. The summed E-state index contributed by atoms with van der Waals surface area (Å²) in [4.78, 5) is 5.41. The standard InChI is InChI=1S/C11H13N3O3S2/c1-7-8(9(5-12)18-14-7)6-19(15,16)10-4-11(2,3)17-13-10/h4,6H2,1-3H3. The first kappa shape index (κ1) is 14.0. The van der Waals surface area contributed by atoms with Crippen molar-refractivity contribution < 1.29 is 13.3 Å². The number of hydrogen-bond donors (Lipinski definition) is 0. The van der Waals surface area contributed by atoms with Crippen molar-refractivity contribution in [1.29, 1.82) is 5.26 Å². The highest BCUT2D eigenvalue weighted by Crippen LogP contribution is 2.28. The van der Waals surface area contributed by atoms with Gasteiger partial charge in [-0.05, 0) is 32.3 Å². The van der Waals surface area contributed by atoms with E-state index in [1.54, 1.807) is 20.8 Å². The maximum Gasteiger partial charge on any atom is 0.199 e. The van der Waals surface area contributed by atoms with Crippen LogP contribution in [0.3, 0.4) is 0 Å². The van der Waals surface area contributed by atoms with Gasteiger partial charge in [0.05, 0.1) is 11.4 Å². The van der Waals surface area contributed by atoms with Crippen LogP contribution in [-0.4, -0.2) is 23.4 Å². The van der Waals surface area contributed by atoms with E-state index < -0.39 is 15.4 Å². The number of sulfone groups is 1. The van der Waals surface area contributed by atoms with Gasteiger partial charge in [-0.1, -0.05) is 5.16 Å². The van der Waals surface area contributed by atoms with Crippen LogP contribution in [0, 0.1) is 18.3 Å². The quantitative estimate of drug-likeness (QED) is 0.829. The molecule has 6 nitrogen and oxygen atoms in total. The summed E-state index contributed by atoms with van der Waals surface area (Å²) < 4.78 is 28.5. The van der Waals surface area contributed by atoms with E-state index in [1.807, 2.05) is 6.07 Å². The average molecular weight is 299 g/mol. The van der Waals surface area contributed by atoms with Crippen LogP contribution < -0.4 is 0 Å². The first-order chi connectivity index (χ1) is 8.75. The molecule has 2 heterocycles. The molecule has 2 rings (SSSR count). The summed E-state index contributed by atoms with van der Waals surface area (Å²) in [5.74, 6) is -0.253. The molecule has 0 saturated carbocycles. The van der Waals surface area contributed by atoms with Gasteiger partial charge in [0.25, 0.3) is 0 Å². The van der Waals surface area contributed by atoms with Gasteiger partial charge in [-0.2, -0.15) is 9.64 Å².